The second-order valence-electron chi connectivity index (χ2n) is 6.03. The van der Waals surface area contributed by atoms with Crippen molar-refractivity contribution in [3.8, 4) is 0 Å². The van der Waals surface area contributed by atoms with E-state index in [1.165, 1.54) is 12.1 Å². The highest BCUT2D eigenvalue weighted by molar-refractivity contribution is 5.96. The summed E-state index contributed by atoms with van der Waals surface area (Å²) in [5.74, 6) is -2.28. The summed E-state index contributed by atoms with van der Waals surface area (Å²) in [5, 5.41) is 5.12. The Morgan fingerprint density at radius 2 is 1.69 bits per heavy atom. The van der Waals surface area contributed by atoms with Crippen LogP contribution in [0.15, 0.2) is 36.4 Å². The molecule has 2 aromatic carbocycles. The zero-order chi connectivity index (χ0) is 19.3. The van der Waals surface area contributed by atoms with Gasteiger partial charge in [-0.1, -0.05) is 12.1 Å². The molecule has 26 heavy (non-hydrogen) atoms. The van der Waals surface area contributed by atoms with Gasteiger partial charge in [0.05, 0.1) is 0 Å². The normalized spacial score (nSPS) is 11.3. The van der Waals surface area contributed by atoms with Crippen molar-refractivity contribution >= 4 is 17.3 Å². The largest absolute Gasteiger partial charge is 0.471 e. The quantitative estimate of drug-likeness (QED) is 0.557. The molecule has 0 unspecified atom stereocenters. The molecule has 0 aliphatic rings. The van der Waals surface area contributed by atoms with Crippen LogP contribution in [0, 0.1) is 19.7 Å². The molecular formula is C19H20F4N2O. The van der Waals surface area contributed by atoms with E-state index >= 15 is 0 Å². The third-order valence-electron chi connectivity index (χ3n) is 4.08. The average Bonchev–Trinajstić information content (AvgIpc) is 2.57. The van der Waals surface area contributed by atoms with Crippen molar-refractivity contribution in [3.05, 3.63) is 58.9 Å². The maximum Gasteiger partial charge on any atom is 0.471 e. The number of alkyl halides is 3. The number of halogens is 4. The Kier molecular flexibility index (Phi) is 6.23. The van der Waals surface area contributed by atoms with Gasteiger partial charge in [-0.2, -0.15) is 13.2 Å². The fourth-order valence-electron chi connectivity index (χ4n) is 2.62. The summed E-state index contributed by atoms with van der Waals surface area (Å²) < 4.78 is 50.3. The fourth-order valence-corrected chi connectivity index (χ4v) is 2.62. The van der Waals surface area contributed by atoms with Gasteiger partial charge < -0.3 is 10.6 Å². The number of aryl methyl sites for hydroxylation is 2. The number of carbonyl (C=O) groups is 1. The van der Waals surface area contributed by atoms with Crippen LogP contribution >= 0.6 is 0 Å². The van der Waals surface area contributed by atoms with Crippen molar-refractivity contribution in [2.24, 2.45) is 0 Å². The third-order valence-corrected chi connectivity index (χ3v) is 4.08. The second kappa shape index (κ2) is 8.21. The number of nitrogens with one attached hydrogen (secondary N) is 2. The van der Waals surface area contributed by atoms with Crippen LogP contribution in [0.25, 0.3) is 0 Å². The number of rotatable bonds is 6. The lowest BCUT2D eigenvalue weighted by Gasteiger charge is -2.16. The van der Waals surface area contributed by atoms with E-state index in [1.54, 1.807) is 32.0 Å². The Morgan fingerprint density at radius 3 is 2.31 bits per heavy atom. The van der Waals surface area contributed by atoms with Crippen molar-refractivity contribution in [1.29, 1.82) is 0 Å². The van der Waals surface area contributed by atoms with E-state index in [0.717, 1.165) is 17.7 Å². The number of carbonyl (C=O) groups excluding carboxylic acids is 1. The molecule has 2 rings (SSSR count). The van der Waals surface area contributed by atoms with Gasteiger partial charge in [-0.15, -0.1) is 0 Å². The van der Waals surface area contributed by atoms with Crippen LogP contribution in [-0.4, -0.2) is 18.6 Å². The molecule has 2 N–H and O–H groups in total. The van der Waals surface area contributed by atoms with Crippen LogP contribution in [0.4, 0.5) is 28.9 Å². The van der Waals surface area contributed by atoms with Crippen molar-refractivity contribution in [3.63, 3.8) is 0 Å². The number of benzene rings is 2. The summed E-state index contributed by atoms with van der Waals surface area (Å²) in [7, 11) is 0. The molecule has 1 amide bonds. The molecule has 0 atom stereocenters. The molecule has 0 saturated heterocycles. The molecule has 3 nitrogen and oxygen atoms in total. The summed E-state index contributed by atoms with van der Waals surface area (Å²) in [4.78, 5) is 11.2. The van der Waals surface area contributed by atoms with Gasteiger partial charge in [-0.05, 0) is 67.6 Å². The maximum atomic E-state index is 12.8. The smallest absolute Gasteiger partial charge is 0.385 e. The minimum atomic E-state index is -4.92. The first kappa shape index (κ1) is 19.8. The van der Waals surface area contributed by atoms with Gasteiger partial charge in [-0.3, -0.25) is 4.79 Å². The Labute approximate surface area is 149 Å². The second-order valence-corrected chi connectivity index (χ2v) is 6.03. The van der Waals surface area contributed by atoms with Crippen molar-refractivity contribution in [1.82, 2.24) is 0 Å². The molecule has 0 aromatic heterocycles. The molecule has 140 valence electrons. The van der Waals surface area contributed by atoms with E-state index in [-0.39, 0.29) is 11.5 Å². The van der Waals surface area contributed by atoms with Crippen LogP contribution in [0.5, 0.6) is 0 Å². The molecule has 2 aromatic rings. The van der Waals surface area contributed by atoms with Crippen molar-refractivity contribution in [2.75, 3.05) is 17.2 Å². The molecule has 0 saturated carbocycles. The van der Waals surface area contributed by atoms with Gasteiger partial charge in [0.1, 0.15) is 5.82 Å². The number of hydrogen-bond donors (Lipinski definition) is 2. The van der Waals surface area contributed by atoms with Crippen LogP contribution < -0.4 is 10.6 Å². The summed E-state index contributed by atoms with van der Waals surface area (Å²) in [6.07, 6.45) is -3.56. The minimum Gasteiger partial charge on any atom is -0.385 e. The van der Waals surface area contributed by atoms with Gasteiger partial charge >= 0.3 is 12.1 Å². The molecular weight excluding hydrogens is 348 g/mol. The lowest BCUT2D eigenvalue weighted by Crippen LogP contribution is -2.30. The monoisotopic (exact) mass is 368 g/mol. The lowest BCUT2D eigenvalue weighted by atomic mass is 9.99. The van der Waals surface area contributed by atoms with E-state index in [4.69, 9.17) is 0 Å². The van der Waals surface area contributed by atoms with E-state index in [9.17, 15) is 22.4 Å². The SMILES string of the molecule is Cc1ccc(CCCNc2ccc(F)cc2)c(C)c1NC(=O)C(F)(F)F. The highest BCUT2D eigenvalue weighted by atomic mass is 19.4. The van der Waals surface area contributed by atoms with Crippen LogP contribution in [0.3, 0.4) is 0 Å². The van der Waals surface area contributed by atoms with E-state index < -0.39 is 12.1 Å². The molecule has 0 aliphatic heterocycles. The van der Waals surface area contributed by atoms with Crippen LogP contribution in [-0.2, 0) is 11.2 Å². The highest BCUT2D eigenvalue weighted by Gasteiger charge is 2.39. The van der Waals surface area contributed by atoms with Gasteiger partial charge in [0, 0.05) is 17.9 Å². The Balaban J connectivity index is 1.98. The molecule has 0 spiro atoms. The zero-order valence-electron chi connectivity index (χ0n) is 14.5. The first-order valence-corrected chi connectivity index (χ1v) is 8.15. The van der Waals surface area contributed by atoms with E-state index in [0.29, 0.717) is 24.1 Å². The molecule has 0 fully saturated rings. The predicted molar refractivity (Wildman–Crippen MR) is 93.8 cm³/mol. The summed E-state index contributed by atoms with van der Waals surface area (Å²) in [6.45, 7) is 3.98. The Bertz CT molecular complexity index is 770. The fraction of sp³-hybridized carbons (Fsp3) is 0.316. The average molecular weight is 368 g/mol. The number of hydrogen-bond acceptors (Lipinski definition) is 2. The van der Waals surface area contributed by atoms with Crippen molar-refractivity contribution in [2.45, 2.75) is 32.9 Å². The Morgan fingerprint density at radius 1 is 1.04 bits per heavy atom. The molecule has 7 heteroatoms. The standard InChI is InChI=1S/C19H20F4N2O/c1-12-5-6-14(13(2)17(12)25-18(26)19(21,22)23)4-3-11-24-16-9-7-15(20)8-10-16/h5-10,24H,3-4,11H2,1-2H3,(H,25,26). The van der Waals surface area contributed by atoms with Crippen LogP contribution in [0.1, 0.15) is 23.1 Å². The molecule has 0 radical (unpaired) electrons. The van der Waals surface area contributed by atoms with Gasteiger partial charge in [0.2, 0.25) is 0 Å². The zero-order valence-corrected chi connectivity index (χ0v) is 14.5. The van der Waals surface area contributed by atoms with Gasteiger partial charge in [0.15, 0.2) is 0 Å². The van der Waals surface area contributed by atoms with Gasteiger partial charge in [0.25, 0.3) is 0 Å². The summed E-state index contributed by atoms with van der Waals surface area (Å²) in [6, 6.07) is 9.55. The summed E-state index contributed by atoms with van der Waals surface area (Å²) in [5.41, 5.74) is 3.08. The Hall–Kier alpha value is -2.57. The third kappa shape index (κ3) is 5.21. The first-order valence-electron chi connectivity index (χ1n) is 8.15. The van der Waals surface area contributed by atoms with Crippen LogP contribution in [0.2, 0.25) is 0 Å². The number of anilines is 2. The van der Waals surface area contributed by atoms with E-state index in [2.05, 4.69) is 5.32 Å². The first-order chi connectivity index (χ1) is 12.2. The minimum absolute atomic E-state index is 0.205. The topological polar surface area (TPSA) is 41.1 Å². The maximum absolute atomic E-state index is 12.8. The lowest BCUT2D eigenvalue weighted by molar-refractivity contribution is -0.167. The predicted octanol–water partition coefficient (Wildman–Crippen LogP) is 4.99. The van der Waals surface area contributed by atoms with Crippen molar-refractivity contribution < 1.29 is 22.4 Å². The molecule has 0 bridgehead atoms. The molecule has 0 aliphatic carbocycles. The summed E-state index contributed by atoms with van der Waals surface area (Å²) >= 11 is 0. The van der Waals surface area contributed by atoms with Gasteiger partial charge in [-0.25, -0.2) is 4.39 Å². The van der Waals surface area contributed by atoms with E-state index in [1.807, 2.05) is 11.4 Å². The highest BCUT2D eigenvalue weighted by Crippen LogP contribution is 2.27. The molecule has 0 heterocycles. The number of amides is 1.